The van der Waals surface area contributed by atoms with Gasteiger partial charge in [-0.1, -0.05) is 45.4 Å². The molecule has 1 unspecified atom stereocenters. The van der Waals surface area contributed by atoms with E-state index in [1.165, 1.54) is 32.1 Å². The van der Waals surface area contributed by atoms with Crippen LogP contribution in [0.2, 0.25) is 0 Å². The van der Waals surface area contributed by atoms with Crippen molar-refractivity contribution in [2.24, 2.45) is 0 Å². The second kappa shape index (κ2) is 9.64. The summed E-state index contributed by atoms with van der Waals surface area (Å²) >= 11 is 0. The summed E-state index contributed by atoms with van der Waals surface area (Å²) in [6.45, 7) is 2.44. The van der Waals surface area contributed by atoms with Gasteiger partial charge in [0.2, 0.25) is 0 Å². The largest absolute Gasteiger partial charge is 0.511 e. The van der Waals surface area contributed by atoms with Crippen molar-refractivity contribution >= 4 is 12.1 Å². The van der Waals surface area contributed by atoms with Gasteiger partial charge in [0.1, 0.15) is 6.61 Å². The number of ether oxygens (including phenoxy) is 3. The van der Waals surface area contributed by atoms with Gasteiger partial charge in [-0.15, -0.1) is 0 Å². The number of hydrogen-bond donors (Lipinski definition) is 0. The van der Waals surface area contributed by atoms with Crippen LogP contribution in [0, 0.1) is 0 Å². The number of hydrogen-bond acceptors (Lipinski definition) is 5. The molecule has 0 saturated carbocycles. The van der Waals surface area contributed by atoms with Gasteiger partial charge in [0, 0.05) is 6.42 Å². The molecule has 0 aromatic heterocycles. The van der Waals surface area contributed by atoms with Crippen LogP contribution in [0.1, 0.15) is 64.7 Å². The predicted molar refractivity (Wildman–Crippen MR) is 69.5 cm³/mol. The van der Waals surface area contributed by atoms with Gasteiger partial charge in [-0.25, -0.2) is 4.79 Å². The Morgan fingerprint density at radius 3 is 2.58 bits per heavy atom. The maximum Gasteiger partial charge on any atom is 0.511 e. The van der Waals surface area contributed by atoms with Crippen LogP contribution in [0.3, 0.4) is 0 Å². The first-order valence-corrected chi connectivity index (χ1v) is 7.25. The maximum atomic E-state index is 11.5. The lowest BCUT2D eigenvalue weighted by Crippen LogP contribution is -2.31. The van der Waals surface area contributed by atoms with Crippen molar-refractivity contribution in [3.05, 3.63) is 0 Å². The van der Waals surface area contributed by atoms with E-state index in [-0.39, 0.29) is 12.6 Å². The minimum atomic E-state index is -0.765. The first-order valence-electron chi connectivity index (χ1n) is 7.25. The van der Waals surface area contributed by atoms with Crippen molar-refractivity contribution in [1.29, 1.82) is 0 Å². The van der Waals surface area contributed by atoms with Gasteiger partial charge in [-0.3, -0.25) is 4.79 Å². The normalized spacial score (nSPS) is 18.6. The average molecular weight is 272 g/mol. The quantitative estimate of drug-likeness (QED) is 0.474. The van der Waals surface area contributed by atoms with Gasteiger partial charge in [-0.05, 0) is 6.42 Å². The minimum Gasteiger partial charge on any atom is -0.434 e. The van der Waals surface area contributed by atoms with E-state index in [9.17, 15) is 9.59 Å². The highest BCUT2D eigenvalue weighted by molar-refractivity contribution is 5.69. The molecule has 0 amide bonds. The van der Waals surface area contributed by atoms with E-state index in [0.29, 0.717) is 12.8 Å². The number of carbonyl (C=O) groups excluding carboxylic acids is 2. The zero-order valence-corrected chi connectivity index (χ0v) is 11.7. The number of rotatable bonds is 9. The molecule has 0 spiro atoms. The first-order chi connectivity index (χ1) is 9.22. The van der Waals surface area contributed by atoms with Crippen LogP contribution in [-0.2, 0) is 19.0 Å². The molecule has 0 bridgehead atoms. The van der Waals surface area contributed by atoms with Crippen molar-refractivity contribution < 1.29 is 23.8 Å². The van der Waals surface area contributed by atoms with Crippen LogP contribution in [0.15, 0.2) is 0 Å². The second-order valence-electron chi connectivity index (χ2n) is 4.80. The molecular formula is C14H24O5. The molecule has 1 rings (SSSR count). The number of esters is 1. The summed E-state index contributed by atoms with van der Waals surface area (Å²) in [5.74, 6) is -0.298. The fraction of sp³-hybridized carbons (Fsp3) is 0.857. The lowest BCUT2D eigenvalue weighted by atomic mass is 10.1. The van der Waals surface area contributed by atoms with Crippen LogP contribution in [0.5, 0.6) is 0 Å². The molecule has 1 aliphatic rings. The molecule has 5 nitrogen and oxygen atoms in total. The summed E-state index contributed by atoms with van der Waals surface area (Å²) in [7, 11) is 0. The number of unbranched alkanes of at least 4 members (excludes halogenated alkanes) is 6. The fourth-order valence-electron chi connectivity index (χ4n) is 1.95. The first kappa shape index (κ1) is 15.8. The van der Waals surface area contributed by atoms with Crippen LogP contribution in [-0.4, -0.2) is 25.0 Å². The highest BCUT2D eigenvalue weighted by atomic mass is 16.8. The van der Waals surface area contributed by atoms with Gasteiger partial charge >= 0.3 is 12.1 Å². The summed E-state index contributed by atoms with van der Waals surface area (Å²) in [5, 5.41) is 0. The Labute approximate surface area is 114 Å². The summed E-state index contributed by atoms with van der Waals surface area (Å²) in [4.78, 5) is 22.3. The smallest absolute Gasteiger partial charge is 0.434 e. The molecule has 0 N–H and O–H groups in total. The molecule has 0 radical (unpaired) electrons. The molecule has 0 aromatic rings. The van der Waals surface area contributed by atoms with Crippen LogP contribution < -0.4 is 0 Å². The van der Waals surface area contributed by atoms with Gasteiger partial charge in [0.25, 0.3) is 6.29 Å². The Hall–Kier alpha value is -1.26. The highest BCUT2D eigenvalue weighted by Crippen LogP contribution is 2.13. The highest BCUT2D eigenvalue weighted by Gasteiger charge is 2.24. The van der Waals surface area contributed by atoms with E-state index in [0.717, 1.165) is 12.8 Å². The molecule has 110 valence electrons. The maximum absolute atomic E-state index is 11.5. The Balaban J connectivity index is 1.97. The molecule has 1 atom stereocenters. The lowest BCUT2D eigenvalue weighted by molar-refractivity contribution is -0.182. The van der Waals surface area contributed by atoms with Gasteiger partial charge in [0.05, 0.1) is 6.42 Å². The van der Waals surface area contributed by atoms with Gasteiger partial charge in [-0.2, -0.15) is 0 Å². The monoisotopic (exact) mass is 272 g/mol. The summed E-state index contributed by atoms with van der Waals surface area (Å²) in [6.07, 6.45) is 7.37. The third kappa shape index (κ3) is 7.70. The SMILES string of the molecule is CCCCCCCCCC(=O)OC1CCOC(=O)O1. The van der Waals surface area contributed by atoms with E-state index in [1.807, 2.05) is 0 Å². The van der Waals surface area contributed by atoms with E-state index < -0.39 is 12.4 Å². The number of cyclic esters (lactones) is 2. The van der Waals surface area contributed by atoms with Crippen molar-refractivity contribution in [3.8, 4) is 0 Å². The van der Waals surface area contributed by atoms with Gasteiger partial charge in [0.15, 0.2) is 0 Å². The van der Waals surface area contributed by atoms with Crippen LogP contribution in [0.25, 0.3) is 0 Å². The Bertz CT molecular complexity index is 277. The van der Waals surface area contributed by atoms with Crippen molar-refractivity contribution in [1.82, 2.24) is 0 Å². The zero-order chi connectivity index (χ0) is 13.9. The topological polar surface area (TPSA) is 61.8 Å². The Morgan fingerprint density at radius 2 is 1.89 bits per heavy atom. The molecule has 1 saturated heterocycles. The van der Waals surface area contributed by atoms with E-state index in [2.05, 4.69) is 11.7 Å². The lowest BCUT2D eigenvalue weighted by Gasteiger charge is -2.21. The fourth-order valence-corrected chi connectivity index (χ4v) is 1.95. The molecular weight excluding hydrogens is 248 g/mol. The average Bonchev–Trinajstić information content (AvgIpc) is 2.37. The second-order valence-corrected chi connectivity index (χ2v) is 4.80. The molecule has 1 aliphatic heterocycles. The van der Waals surface area contributed by atoms with E-state index >= 15 is 0 Å². The van der Waals surface area contributed by atoms with Crippen LogP contribution >= 0.6 is 0 Å². The molecule has 19 heavy (non-hydrogen) atoms. The van der Waals surface area contributed by atoms with Crippen molar-refractivity contribution in [2.75, 3.05) is 6.61 Å². The summed E-state index contributed by atoms with van der Waals surface area (Å²) in [5.41, 5.74) is 0. The zero-order valence-electron chi connectivity index (χ0n) is 11.7. The van der Waals surface area contributed by atoms with E-state index in [1.54, 1.807) is 0 Å². The molecule has 0 aromatic carbocycles. The molecule has 1 heterocycles. The van der Waals surface area contributed by atoms with Crippen molar-refractivity contribution in [3.63, 3.8) is 0 Å². The van der Waals surface area contributed by atoms with Gasteiger partial charge < -0.3 is 14.2 Å². The molecule has 1 fully saturated rings. The minimum absolute atomic E-state index is 0.244. The van der Waals surface area contributed by atoms with Crippen molar-refractivity contribution in [2.45, 2.75) is 71.0 Å². The van der Waals surface area contributed by atoms with Crippen LogP contribution in [0.4, 0.5) is 4.79 Å². The Morgan fingerprint density at radius 1 is 1.21 bits per heavy atom. The summed E-state index contributed by atoms with van der Waals surface area (Å²) in [6, 6.07) is 0. The number of carbonyl (C=O) groups is 2. The predicted octanol–water partition coefficient (Wildman–Crippen LogP) is 3.55. The molecule has 5 heteroatoms. The summed E-state index contributed by atoms with van der Waals surface area (Å²) < 4.78 is 14.4. The van der Waals surface area contributed by atoms with E-state index in [4.69, 9.17) is 9.47 Å². The third-order valence-corrected chi connectivity index (χ3v) is 3.05. The third-order valence-electron chi connectivity index (χ3n) is 3.05. The standard InChI is InChI=1S/C14H24O5/c1-2-3-4-5-6-7-8-9-12(15)18-13-10-11-17-14(16)19-13/h13H,2-11H2,1H3. The Kier molecular flexibility index (Phi) is 8.02. The molecule has 0 aliphatic carbocycles.